The Labute approximate surface area is 127 Å². The molecule has 1 unspecified atom stereocenters. The van der Waals surface area contributed by atoms with E-state index in [1.807, 2.05) is 0 Å². The largest absolute Gasteiger partial charge is 0.308 e. The van der Waals surface area contributed by atoms with Crippen molar-refractivity contribution in [3.63, 3.8) is 0 Å². The molecule has 0 saturated heterocycles. The third-order valence-electron chi connectivity index (χ3n) is 2.95. The minimum atomic E-state index is 0.352. The Morgan fingerprint density at radius 2 is 1.95 bits per heavy atom. The van der Waals surface area contributed by atoms with Gasteiger partial charge in [-0.05, 0) is 47.0 Å². The first kappa shape index (κ1) is 14.7. The lowest BCUT2D eigenvalue weighted by atomic mass is 10.1. The molecule has 1 aromatic heterocycles. The number of hydrogen-bond acceptors (Lipinski definition) is 3. The van der Waals surface area contributed by atoms with E-state index in [1.165, 1.54) is 14.9 Å². The summed E-state index contributed by atoms with van der Waals surface area (Å²) in [5.41, 5.74) is 1.34. The maximum atomic E-state index is 3.65. The van der Waals surface area contributed by atoms with Crippen molar-refractivity contribution in [3.8, 4) is 0 Å². The van der Waals surface area contributed by atoms with E-state index < -0.39 is 0 Å². The van der Waals surface area contributed by atoms with Gasteiger partial charge in [-0.2, -0.15) is 0 Å². The van der Waals surface area contributed by atoms with Crippen LogP contribution in [0, 0.1) is 0 Å². The number of rotatable bonds is 6. The maximum absolute atomic E-state index is 3.65. The summed E-state index contributed by atoms with van der Waals surface area (Å²) in [6, 6.07) is 13.1. The van der Waals surface area contributed by atoms with Crippen LogP contribution in [0.25, 0.3) is 0 Å². The van der Waals surface area contributed by atoms with Gasteiger partial charge in [0.15, 0.2) is 0 Å². The molecule has 4 heteroatoms. The molecule has 0 aliphatic heterocycles. The van der Waals surface area contributed by atoms with E-state index in [-0.39, 0.29) is 0 Å². The lowest BCUT2D eigenvalue weighted by molar-refractivity contribution is 0.341. The van der Waals surface area contributed by atoms with Crippen LogP contribution in [-0.2, 0) is 6.54 Å². The number of hydrogen-bond donors (Lipinski definition) is 1. The number of likely N-dealkylation sites (N-methyl/N-ethyl adjacent to an activating group) is 1. The molecule has 102 valence electrons. The highest BCUT2D eigenvalue weighted by atomic mass is 79.9. The van der Waals surface area contributed by atoms with Crippen molar-refractivity contribution in [2.75, 3.05) is 20.6 Å². The number of thiophene rings is 1. The zero-order chi connectivity index (χ0) is 13.7. The van der Waals surface area contributed by atoms with Gasteiger partial charge in [0, 0.05) is 28.5 Å². The second-order valence-corrected chi connectivity index (χ2v) is 6.65. The average molecular weight is 339 g/mol. The first-order valence-electron chi connectivity index (χ1n) is 6.31. The molecule has 1 atom stereocenters. The average Bonchev–Trinajstić information content (AvgIpc) is 2.81. The molecular weight excluding hydrogens is 320 g/mol. The van der Waals surface area contributed by atoms with Crippen LogP contribution in [0.5, 0.6) is 0 Å². The number of halogens is 1. The third kappa shape index (κ3) is 4.42. The summed E-state index contributed by atoms with van der Waals surface area (Å²) < 4.78 is 1.20. The van der Waals surface area contributed by atoms with E-state index in [2.05, 4.69) is 82.0 Å². The molecule has 1 aromatic carbocycles. The first-order valence-corrected chi connectivity index (χ1v) is 7.99. The second-order valence-electron chi connectivity index (χ2n) is 4.80. The monoisotopic (exact) mass is 338 g/mol. The molecule has 2 rings (SSSR count). The van der Waals surface area contributed by atoms with Crippen molar-refractivity contribution < 1.29 is 0 Å². The van der Waals surface area contributed by atoms with E-state index >= 15 is 0 Å². The van der Waals surface area contributed by atoms with E-state index in [9.17, 15) is 0 Å². The number of nitrogens with zero attached hydrogens (tertiary/aromatic N) is 1. The van der Waals surface area contributed by atoms with Crippen LogP contribution in [-0.4, -0.2) is 25.5 Å². The summed E-state index contributed by atoms with van der Waals surface area (Å²) in [5, 5.41) is 5.76. The van der Waals surface area contributed by atoms with Crippen LogP contribution < -0.4 is 5.32 Å². The molecule has 2 aromatic rings. The van der Waals surface area contributed by atoms with Crippen molar-refractivity contribution >= 4 is 27.3 Å². The summed E-state index contributed by atoms with van der Waals surface area (Å²) in [5.74, 6) is 0. The van der Waals surface area contributed by atoms with Crippen LogP contribution in [0.1, 0.15) is 16.5 Å². The van der Waals surface area contributed by atoms with Gasteiger partial charge in [0.25, 0.3) is 0 Å². The van der Waals surface area contributed by atoms with E-state index in [4.69, 9.17) is 0 Å². The van der Waals surface area contributed by atoms with Gasteiger partial charge in [0.2, 0.25) is 0 Å². The lowest BCUT2D eigenvalue weighted by Gasteiger charge is -2.22. The summed E-state index contributed by atoms with van der Waals surface area (Å²) >= 11 is 5.37. The molecule has 2 nitrogen and oxygen atoms in total. The molecule has 0 fully saturated rings. The summed E-state index contributed by atoms with van der Waals surface area (Å²) in [7, 11) is 4.22. The van der Waals surface area contributed by atoms with Crippen LogP contribution in [0.15, 0.2) is 46.3 Å². The predicted octanol–water partition coefficient (Wildman–Crippen LogP) is 3.90. The van der Waals surface area contributed by atoms with Gasteiger partial charge < -0.3 is 10.2 Å². The highest BCUT2D eigenvalue weighted by molar-refractivity contribution is 9.10. The summed E-state index contributed by atoms with van der Waals surface area (Å²) in [6.07, 6.45) is 0. The van der Waals surface area contributed by atoms with Crippen LogP contribution in [0.2, 0.25) is 0 Å². The van der Waals surface area contributed by atoms with Crippen molar-refractivity contribution in [1.29, 1.82) is 0 Å². The zero-order valence-corrected chi connectivity index (χ0v) is 13.7. The normalized spacial score (nSPS) is 12.8. The Morgan fingerprint density at radius 1 is 1.21 bits per heavy atom. The van der Waals surface area contributed by atoms with Crippen LogP contribution in [0.4, 0.5) is 0 Å². The lowest BCUT2D eigenvalue weighted by Crippen LogP contribution is -2.30. The highest BCUT2D eigenvalue weighted by Crippen LogP contribution is 2.23. The molecule has 0 spiro atoms. The van der Waals surface area contributed by atoms with Gasteiger partial charge in [-0.15, -0.1) is 11.3 Å². The minimum Gasteiger partial charge on any atom is -0.308 e. The molecule has 19 heavy (non-hydrogen) atoms. The van der Waals surface area contributed by atoms with Crippen LogP contribution >= 0.6 is 27.3 Å². The molecule has 1 N–H and O–H groups in total. The smallest absolute Gasteiger partial charge is 0.0451 e. The van der Waals surface area contributed by atoms with E-state index in [1.54, 1.807) is 11.3 Å². The van der Waals surface area contributed by atoms with Gasteiger partial charge >= 0.3 is 0 Å². The van der Waals surface area contributed by atoms with Gasteiger partial charge in [-0.25, -0.2) is 0 Å². The maximum Gasteiger partial charge on any atom is 0.0451 e. The quantitative estimate of drug-likeness (QED) is 0.859. The van der Waals surface area contributed by atoms with Crippen molar-refractivity contribution in [3.05, 3.63) is 56.7 Å². The molecule has 1 heterocycles. The molecule has 0 radical (unpaired) electrons. The third-order valence-corrected chi connectivity index (χ3v) is 4.88. The Morgan fingerprint density at radius 3 is 2.53 bits per heavy atom. The summed E-state index contributed by atoms with van der Waals surface area (Å²) in [4.78, 5) is 3.56. The van der Waals surface area contributed by atoms with Gasteiger partial charge in [0.05, 0.1) is 0 Å². The van der Waals surface area contributed by atoms with Gasteiger partial charge in [0.1, 0.15) is 0 Å². The van der Waals surface area contributed by atoms with Crippen molar-refractivity contribution in [1.82, 2.24) is 10.2 Å². The Kier molecular flexibility index (Phi) is 5.58. The molecule has 0 aliphatic rings. The van der Waals surface area contributed by atoms with Crippen LogP contribution in [0.3, 0.4) is 0 Å². The van der Waals surface area contributed by atoms with Gasteiger partial charge in [-0.3, -0.25) is 0 Å². The molecule has 0 bridgehead atoms. The Bertz CT molecular complexity index is 496. The fourth-order valence-corrected chi connectivity index (χ4v) is 3.45. The zero-order valence-electron chi connectivity index (χ0n) is 11.3. The second kappa shape index (κ2) is 7.20. The minimum absolute atomic E-state index is 0.352. The Balaban J connectivity index is 2.04. The number of benzene rings is 1. The molecule has 0 saturated carbocycles. The first-order chi connectivity index (χ1) is 9.16. The molecule has 0 aliphatic carbocycles. The van der Waals surface area contributed by atoms with Crippen molar-refractivity contribution in [2.24, 2.45) is 0 Å². The van der Waals surface area contributed by atoms with Gasteiger partial charge in [-0.1, -0.05) is 30.3 Å². The fourth-order valence-electron chi connectivity index (χ4n) is 2.01. The fraction of sp³-hybridized carbons (Fsp3) is 0.333. The topological polar surface area (TPSA) is 15.3 Å². The highest BCUT2D eigenvalue weighted by Gasteiger charge is 2.12. The standard InChI is InChI=1S/C15H19BrN2S/c1-18(2)11-14(12-6-4-3-5-7-12)17-10-15-13(16)8-9-19-15/h3-9,14,17H,10-11H2,1-2H3. The van der Waals surface area contributed by atoms with E-state index in [0.717, 1.165) is 13.1 Å². The predicted molar refractivity (Wildman–Crippen MR) is 86.6 cm³/mol. The Hall–Kier alpha value is -0.680. The van der Waals surface area contributed by atoms with E-state index in [0.29, 0.717) is 6.04 Å². The SMILES string of the molecule is CN(C)CC(NCc1sccc1Br)c1ccccc1. The molecular formula is C15H19BrN2S. The molecule has 0 amide bonds. The number of nitrogens with one attached hydrogen (secondary N) is 1. The van der Waals surface area contributed by atoms with Crippen molar-refractivity contribution in [2.45, 2.75) is 12.6 Å². The summed E-state index contributed by atoms with van der Waals surface area (Å²) in [6.45, 7) is 1.89.